The molecule has 0 spiro atoms. The van der Waals surface area contributed by atoms with E-state index in [-0.39, 0.29) is 6.42 Å². The van der Waals surface area contributed by atoms with Crippen LogP contribution in [0.25, 0.3) is 17.1 Å². The Balaban J connectivity index is 1.50. The van der Waals surface area contributed by atoms with E-state index in [9.17, 15) is 14.4 Å². The molecule has 10 nitrogen and oxygen atoms in total. The fraction of sp³-hybridized carbons (Fsp3) is 0.217. The van der Waals surface area contributed by atoms with Gasteiger partial charge < -0.3 is 9.64 Å². The molecule has 0 radical (unpaired) electrons. The van der Waals surface area contributed by atoms with Crippen LogP contribution in [0.3, 0.4) is 0 Å². The molecule has 168 valence electrons. The lowest BCUT2D eigenvalue weighted by atomic mass is 10.0. The number of rotatable bonds is 7. The van der Waals surface area contributed by atoms with Crippen molar-refractivity contribution in [3.8, 4) is 17.1 Å². The molecule has 3 aromatic rings. The van der Waals surface area contributed by atoms with Crippen molar-refractivity contribution in [3.05, 3.63) is 66.2 Å². The Labute approximate surface area is 190 Å². The van der Waals surface area contributed by atoms with Crippen LogP contribution < -0.4 is 4.90 Å². The number of methoxy groups -OCH3 is 1. The first-order chi connectivity index (χ1) is 15.9. The van der Waals surface area contributed by atoms with Crippen LogP contribution in [-0.2, 0) is 25.5 Å². The highest BCUT2D eigenvalue weighted by atomic mass is 16.5. The molecule has 1 aliphatic heterocycles. The van der Waals surface area contributed by atoms with Crippen molar-refractivity contribution in [2.24, 2.45) is 0 Å². The van der Waals surface area contributed by atoms with Gasteiger partial charge in [0.1, 0.15) is 6.04 Å². The summed E-state index contributed by atoms with van der Waals surface area (Å²) in [6.07, 6.45) is 2.41. The summed E-state index contributed by atoms with van der Waals surface area (Å²) < 4.78 is 4.80. The second-order valence-corrected chi connectivity index (χ2v) is 7.63. The molecule has 0 fully saturated rings. The zero-order chi connectivity index (χ0) is 23.5. The number of carbonyl (C=O) groups is 3. The molecule has 1 aliphatic rings. The average molecular weight is 446 g/mol. The summed E-state index contributed by atoms with van der Waals surface area (Å²) in [6.45, 7) is 0. The molecule has 0 saturated heterocycles. The summed E-state index contributed by atoms with van der Waals surface area (Å²) in [4.78, 5) is 40.6. The molecule has 2 heterocycles. The fourth-order valence-electron chi connectivity index (χ4n) is 3.47. The predicted molar refractivity (Wildman–Crippen MR) is 119 cm³/mol. The number of nitrogens with zero attached hydrogens (tertiary/aromatic N) is 6. The normalized spacial score (nSPS) is 14.0. The minimum Gasteiger partial charge on any atom is -0.467 e. The molecule has 33 heavy (non-hydrogen) atoms. The van der Waals surface area contributed by atoms with Crippen LogP contribution in [0.4, 0.5) is 5.69 Å². The van der Waals surface area contributed by atoms with E-state index in [1.165, 1.54) is 11.9 Å². The Morgan fingerprint density at radius 1 is 1.00 bits per heavy atom. The first-order valence-electron chi connectivity index (χ1n) is 10.2. The summed E-state index contributed by atoms with van der Waals surface area (Å²) in [5.41, 5.74) is 3.33. The third-order valence-electron chi connectivity index (χ3n) is 5.28. The van der Waals surface area contributed by atoms with Crippen LogP contribution in [-0.4, -0.2) is 70.1 Å². The molecule has 0 N–H and O–H groups in total. The van der Waals surface area contributed by atoms with Gasteiger partial charge in [0.05, 0.1) is 12.8 Å². The van der Waals surface area contributed by atoms with Gasteiger partial charge in [-0.1, -0.05) is 12.1 Å². The van der Waals surface area contributed by atoms with Crippen LogP contribution in [0.15, 0.2) is 60.7 Å². The Bertz CT molecular complexity index is 1200. The van der Waals surface area contributed by atoms with E-state index >= 15 is 0 Å². The quantitative estimate of drug-likeness (QED) is 0.396. The molecule has 1 aromatic heterocycles. The lowest BCUT2D eigenvalue weighted by Gasteiger charge is -2.23. The van der Waals surface area contributed by atoms with Crippen LogP contribution in [0.5, 0.6) is 0 Å². The molecular weight excluding hydrogens is 424 g/mol. The van der Waals surface area contributed by atoms with E-state index < -0.39 is 23.8 Å². The van der Waals surface area contributed by atoms with E-state index in [0.717, 1.165) is 33.9 Å². The lowest BCUT2D eigenvalue weighted by molar-refractivity contribution is -0.155. The smallest absolute Gasteiger partial charge is 0.329 e. The Morgan fingerprint density at radius 2 is 1.64 bits per heavy atom. The number of hydrogen-bond acceptors (Lipinski definition) is 8. The molecule has 1 atom stereocenters. The van der Waals surface area contributed by atoms with Crippen LogP contribution in [0.1, 0.15) is 5.56 Å². The van der Waals surface area contributed by atoms with Crippen molar-refractivity contribution in [3.63, 3.8) is 0 Å². The van der Waals surface area contributed by atoms with E-state index in [4.69, 9.17) is 4.74 Å². The minimum absolute atomic E-state index is 0.125. The number of benzene rings is 2. The van der Waals surface area contributed by atoms with E-state index in [1.54, 1.807) is 24.3 Å². The average Bonchev–Trinajstić information content (AvgIpc) is 3.44. The molecular formula is C23H22N6O4. The molecule has 0 saturated carbocycles. The van der Waals surface area contributed by atoms with Crippen molar-refractivity contribution < 1.29 is 19.1 Å². The number of amides is 2. The molecule has 0 aliphatic carbocycles. The summed E-state index contributed by atoms with van der Waals surface area (Å²) in [6, 6.07) is 13.9. The Hall–Kier alpha value is -4.34. The predicted octanol–water partition coefficient (Wildman–Crippen LogP) is 1.40. The first-order valence-corrected chi connectivity index (χ1v) is 10.2. The highest BCUT2D eigenvalue weighted by molar-refractivity contribution is 6.14. The van der Waals surface area contributed by atoms with Gasteiger partial charge in [0.2, 0.25) is 5.82 Å². The molecule has 0 unspecified atom stereocenters. The molecule has 4 rings (SSSR count). The first kappa shape index (κ1) is 21.9. The monoisotopic (exact) mass is 446 g/mol. The second-order valence-electron chi connectivity index (χ2n) is 7.63. The number of esters is 1. The van der Waals surface area contributed by atoms with Crippen molar-refractivity contribution in [2.45, 2.75) is 12.5 Å². The van der Waals surface area contributed by atoms with E-state index in [1.807, 2.05) is 43.3 Å². The van der Waals surface area contributed by atoms with Gasteiger partial charge in [0.15, 0.2) is 0 Å². The van der Waals surface area contributed by atoms with E-state index in [0.29, 0.717) is 11.5 Å². The number of hydrogen-bond donors (Lipinski definition) is 0. The van der Waals surface area contributed by atoms with Crippen LogP contribution in [0.2, 0.25) is 0 Å². The molecule has 0 bridgehead atoms. The zero-order valence-electron chi connectivity index (χ0n) is 18.4. The van der Waals surface area contributed by atoms with E-state index in [2.05, 4.69) is 15.4 Å². The Kier molecular flexibility index (Phi) is 5.99. The standard InChI is InChI=1S/C23H22N6O4/c1-27(2)17-10-6-16(7-11-17)22-24-26-29(25-22)18-8-4-15(5-9-18)14-19(23(32)33-3)28-20(30)12-13-21(28)31/h4-13,19H,14H2,1-3H3/t19-/m0/s1. The maximum absolute atomic E-state index is 12.2. The third-order valence-corrected chi connectivity index (χ3v) is 5.28. The largest absolute Gasteiger partial charge is 0.467 e. The van der Waals surface area contributed by atoms with Crippen molar-refractivity contribution in [1.29, 1.82) is 0 Å². The number of ether oxygens (including phenoxy) is 1. The number of carbonyl (C=O) groups excluding carboxylic acids is 3. The summed E-state index contributed by atoms with van der Waals surface area (Å²) in [5, 5.41) is 12.7. The maximum atomic E-state index is 12.2. The zero-order valence-corrected chi connectivity index (χ0v) is 18.4. The van der Waals surface area contributed by atoms with Gasteiger partial charge >= 0.3 is 5.97 Å². The lowest BCUT2D eigenvalue weighted by Crippen LogP contribution is -2.46. The van der Waals surface area contributed by atoms with Gasteiger partial charge in [0, 0.05) is 43.9 Å². The summed E-state index contributed by atoms with van der Waals surface area (Å²) in [5.74, 6) is -1.24. The summed E-state index contributed by atoms with van der Waals surface area (Å²) >= 11 is 0. The number of anilines is 1. The second kappa shape index (κ2) is 9.03. The topological polar surface area (TPSA) is 111 Å². The van der Waals surface area contributed by atoms with Gasteiger partial charge in [-0.3, -0.25) is 14.5 Å². The third kappa shape index (κ3) is 4.49. The van der Waals surface area contributed by atoms with Gasteiger partial charge in [0.25, 0.3) is 11.8 Å². The van der Waals surface area contributed by atoms with Crippen LogP contribution >= 0.6 is 0 Å². The highest BCUT2D eigenvalue weighted by Gasteiger charge is 2.36. The SMILES string of the molecule is COC(=O)[C@H](Cc1ccc(-n2nnc(-c3ccc(N(C)C)cc3)n2)cc1)N1C(=O)C=CC1=O. The Morgan fingerprint density at radius 3 is 2.21 bits per heavy atom. The van der Waals surface area contributed by atoms with Crippen molar-refractivity contribution in [1.82, 2.24) is 25.1 Å². The number of imide groups is 1. The number of aromatic nitrogens is 4. The number of tetrazole rings is 1. The van der Waals surface area contributed by atoms with Gasteiger partial charge in [-0.25, -0.2) is 4.79 Å². The maximum Gasteiger partial charge on any atom is 0.329 e. The summed E-state index contributed by atoms with van der Waals surface area (Å²) in [7, 11) is 5.16. The molecule has 2 aromatic carbocycles. The van der Waals surface area contributed by atoms with Gasteiger partial charge in [-0.15, -0.1) is 15.0 Å². The highest BCUT2D eigenvalue weighted by Crippen LogP contribution is 2.20. The molecule has 10 heteroatoms. The molecule has 2 amide bonds. The van der Waals surface area contributed by atoms with Gasteiger partial charge in [-0.2, -0.15) is 0 Å². The minimum atomic E-state index is -1.04. The fourth-order valence-corrected chi connectivity index (χ4v) is 3.47. The van der Waals surface area contributed by atoms with Crippen LogP contribution in [0, 0.1) is 0 Å². The van der Waals surface area contributed by atoms with Crippen molar-refractivity contribution in [2.75, 3.05) is 26.1 Å². The van der Waals surface area contributed by atoms with Crippen molar-refractivity contribution >= 4 is 23.5 Å². The van der Waals surface area contributed by atoms with Gasteiger partial charge in [-0.05, 0) is 47.2 Å².